The minimum Gasteiger partial charge on any atom is -0.489 e. The van der Waals surface area contributed by atoms with Crippen LogP contribution in [0.25, 0.3) is 0 Å². The summed E-state index contributed by atoms with van der Waals surface area (Å²) in [5, 5.41) is 2.86. The molecule has 1 amide bonds. The van der Waals surface area contributed by atoms with Crippen molar-refractivity contribution < 1.29 is 9.53 Å². The molecule has 0 saturated heterocycles. The Morgan fingerprint density at radius 3 is 2.86 bits per heavy atom. The molecule has 1 aliphatic rings. The van der Waals surface area contributed by atoms with Crippen LogP contribution in [-0.4, -0.2) is 12.0 Å². The van der Waals surface area contributed by atoms with Crippen LogP contribution in [-0.2, 0) is 11.2 Å². The first-order valence-electron chi connectivity index (χ1n) is 7.99. The van der Waals surface area contributed by atoms with Gasteiger partial charge in [-0.2, -0.15) is 0 Å². The smallest absolute Gasteiger partial charge is 0.224 e. The molecule has 0 fully saturated rings. The van der Waals surface area contributed by atoms with Gasteiger partial charge in [-0.25, -0.2) is 0 Å². The lowest BCUT2D eigenvalue weighted by Crippen LogP contribution is -2.20. The van der Waals surface area contributed by atoms with Gasteiger partial charge in [0.15, 0.2) is 0 Å². The molecule has 1 heterocycles. The van der Waals surface area contributed by atoms with Crippen LogP contribution in [0, 0.1) is 0 Å². The van der Waals surface area contributed by atoms with Crippen LogP contribution >= 0.6 is 0 Å². The third-order valence-corrected chi connectivity index (χ3v) is 3.92. The number of nitrogen functional groups attached to an aromatic ring is 1. The lowest BCUT2D eigenvalue weighted by Gasteiger charge is -2.21. The van der Waals surface area contributed by atoms with Crippen LogP contribution in [0.3, 0.4) is 0 Å². The Kier molecular flexibility index (Phi) is 5.48. The molecule has 116 valence electrons. The summed E-state index contributed by atoms with van der Waals surface area (Å²) in [6.45, 7) is 4.30. The van der Waals surface area contributed by atoms with Crippen molar-refractivity contribution in [2.24, 2.45) is 0 Å². The summed E-state index contributed by atoms with van der Waals surface area (Å²) in [5.41, 5.74) is 8.57. The summed E-state index contributed by atoms with van der Waals surface area (Å²) in [6.07, 6.45) is 7.48. The standard InChI is InChI=1S/C17H26N2O2/c1-3-4-5-6-7-12(2)21-16-10-13-8-9-17(20)19-15(13)11-14(16)18/h10-12H,3-9,18H2,1-2H3,(H,19,20). The average molecular weight is 290 g/mol. The predicted molar refractivity (Wildman–Crippen MR) is 86.7 cm³/mol. The number of carbonyl (C=O) groups excluding carboxylic acids is 1. The van der Waals surface area contributed by atoms with Gasteiger partial charge in [0.05, 0.1) is 11.8 Å². The van der Waals surface area contributed by atoms with Crippen molar-refractivity contribution in [2.45, 2.75) is 64.9 Å². The zero-order valence-electron chi connectivity index (χ0n) is 13.1. The Morgan fingerprint density at radius 2 is 2.10 bits per heavy atom. The molecule has 0 aromatic heterocycles. The van der Waals surface area contributed by atoms with Crippen molar-refractivity contribution >= 4 is 17.3 Å². The van der Waals surface area contributed by atoms with Crippen molar-refractivity contribution in [1.82, 2.24) is 0 Å². The summed E-state index contributed by atoms with van der Waals surface area (Å²) < 4.78 is 5.98. The van der Waals surface area contributed by atoms with E-state index in [-0.39, 0.29) is 12.0 Å². The zero-order valence-corrected chi connectivity index (χ0v) is 13.1. The third kappa shape index (κ3) is 4.38. The maximum Gasteiger partial charge on any atom is 0.224 e. The maximum absolute atomic E-state index is 11.4. The fourth-order valence-electron chi connectivity index (χ4n) is 2.66. The Hall–Kier alpha value is -1.71. The summed E-state index contributed by atoms with van der Waals surface area (Å²) in [6, 6.07) is 3.79. The maximum atomic E-state index is 11.4. The van der Waals surface area contributed by atoms with E-state index < -0.39 is 0 Å². The second-order valence-electron chi connectivity index (χ2n) is 5.87. The van der Waals surface area contributed by atoms with Crippen LogP contribution in [0.15, 0.2) is 12.1 Å². The molecule has 0 radical (unpaired) electrons. The minimum absolute atomic E-state index is 0.0554. The predicted octanol–water partition coefficient (Wildman–Crippen LogP) is 3.89. The molecule has 4 heteroatoms. The van der Waals surface area contributed by atoms with Gasteiger partial charge in [0.25, 0.3) is 0 Å². The zero-order chi connectivity index (χ0) is 15.2. The van der Waals surface area contributed by atoms with Crippen LogP contribution in [0.5, 0.6) is 5.75 Å². The molecule has 21 heavy (non-hydrogen) atoms. The number of hydrogen-bond donors (Lipinski definition) is 2. The SMILES string of the molecule is CCCCCCC(C)Oc1cc2c(cc1N)NC(=O)CC2. The van der Waals surface area contributed by atoms with Crippen LogP contribution in [0.4, 0.5) is 11.4 Å². The Labute approximate surface area is 127 Å². The lowest BCUT2D eigenvalue weighted by atomic mass is 10.0. The molecule has 3 N–H and O–H groups in total. The number of anilines is 2. The molecule has 1 unspecified atom stereocenters. The van der Waals surface area contributed by atoms with Gasteiger partial charge >= 0.3 is 0 Å². The quantitative estimate of drug-likeness (QED) is 0.591. The summed E-state index contributed by atoms with van der Waals surface area (Å²) in [7, 11) is 0. The van der Waals surface area contributed by atoms with E-state index >= 15 is 0 Å². The number of fused-ring (bicyclic) bond motifs is 1. The average Bonchev–Trinajstić information content (AvgIpc) is 2.45. The first kappa shape index (κ1) is 15.7. The molecule has 2 rings (SSSR count). The van der Waals surface area contributed by atoms with Gasteiger partial charge in [-0.05, 0) is 43.9 Å². The molecule has 0 spiro atoms. The first-order valence-corrected chi connectivity index (χ1v) is 7.99. The Balaban J connectivity index is 1.95. The normalized spacial score (nSPS) is 15.2. The van der Waals surface area contributed by atoms with E-state index in [0.717, 1.165) is 29.8 Å². The van der Waals surface area contributed by atoms with Gasteiger partial charge in [-0.3, -0.25) is 4.79 Å². The number of unbranched alkanes of at least 4 members (excludes halogenated alkanes) is 3. The topological polar surface area (TPSA) is 64.3 Å². The highest BCUT2D eigenvalue weighted by molar-refractivity contribution is 5.94. The van der Waals surface area contributed by atoms with Gasteiger partial charge in [0, 0.05) is 12.1 Å². The van der Waals surface area contributed by atoms with Crippen molar-refractivity contribution in [1.29, 1.82) is 0 Å². The molecule has 1 atom stereocenters. The molecule has 0 bridgehead atoms. The van der Waals surface area contributed by atoms with Crippen molar-refractivity contribution in [3.63, 3.8) is 0 Å². The first-order chi connectivity index (χ1) is 10.1. The lowest BCUT2D eigenvalue weighted by molar-refractivity contribution is -0.116. The summed E-state index contributed by atoms with van der Waals surface area (Å²) >= 11 is 0. The molecule has 1 aromatic rings. The number of rotatable bonds is 7. The van der Waals surface area contributed by atoms with Crippen LogP contribution in [0.2, 0.25) is 0 Å². The monoisotopic (exact) mass is 290 g/mol. The fraction of sp³-hybridized carbons (Fsp3) is 0.588. The molecule has 1 aromatic carbocycles. The van der Waals surface area contributed by atoms with E-state index in [1.54, 1.807) is 0 Å². The highest BCUT2D eigenvalue weighted by atomic mass is 16.5. The van der Waals surface area contributed by atoms with Crippen LogP contribution < -0.4 is 15.8 Å². The highest BCUT2D eigenvalue weighted by Crippen LogP contribution is 2.33. The largest absolute Gasteiger partial charge is 0.489 e. The Morgan fingerprint density at radius 1 is 1.29 bits per heavy atom. The summed E-state index contributed by atoms with van der Waals surface area (Å²) in [5.74, 6) is 0.799. The fourth-order valence-corrected chi connectivity index (χ4v) is 2.66. The van der Waals surface area contributed by atoms with E-state index in [4.69, 9.17) is 10.5 Å². The molecule has 0 aliphatic carbocycles. The van der Waals surface area contributed by atoms with Gasteiger partial charge < -0.3 is 15.8 Å². The highest BCUT2D eigenvalue weighted by Gasteiger charge is 2.18. The number of aryl methyl sites for hydroxylation is 1. The number of benzene rings is 1. The Bertz CT molecular complexity index is 500. The number of carbonyl (C=O) groups is 1. The second-order valence-corrected chi connectivity index (χ2v) is 5.87. The van der Waals surface area contributed by atoms with Gasteiger partial charge in [-0.1, -0.05) is 26.2 Å². The minimum atomic E-state index is 0.0554. The number of nitrogens with one attached hydrogen (secondary N) is 1. The molecule has 4 nitrogen and oxygen atoms in total. The van der Waals surface area contributed by atoms with Crippen molar-refractivity contribution in [2.75, 3.05) is 11.1 Å². The number of amides is 1. The molecule has 1 aliphatic heterocycles. The van der Waals surface area contributed by atoms with Gasteiger partial charge in [0.2, 0.25) is 5.91 Å². The van der Waals surface area contributed by atoms with Crippen molar-refractivity contribution in [3.8, 4) is 5.75 Å². The van der Waals surface area contributed by atoms with E-state index in [0.29, 0.717) is 12.1 Å². The number of ether oxygens (including phenoxy) is 1. The molecular weight excluding hydrogens is 264 g/mol. The van der Waals surface area contributed by atoms with Gasteiger partial charge in [-0.15, -0.1) is 0 Å². The summed E-state index contributed by atoms with van der Waals surface area (Å²) in [4.78, 5) is 11.4. The third-order valence-electron chi connectivity index (χ3n) is 3.92. The van der Waals surface area contributed by atoms with Crippen molar-refractivity contribution in [3.05, 3.63) is 17.7 Å². The van der Waals surface area contributed by atoms with Gasteiger partial charge in [0.1, 0.15) is 5.75 Å². The van der Waals surface area contributed by atoms with E-state index in [1.807, 2.05) is 12.1 Å². The number of nitrogens with two attached hydrogens (primary N) is 1. The van der Waals surface area contributed by atoms with E-state index in [2.05, 4.69) is 19.2 Å². The number of hydrogen-bond acceptors (Lipinski definition) is 3. The second kappa shape index (κ2) is 7.34. The van der Waals surface area contributed by atoms with Crippen LogP contribution in [0.1, 0.15) is 57.9 Å². The van der Waals surface area contributed by atoms with E-state index in [1.165, 1.54) is 25.7 Å². The molecular formula is C17H26N2O2. The molecule has 0 saturated carbocycles. The van der Waals surface area contributed by atoms with E-state index in [9.17, 15) is 4.79 Å².